The summed E-state index contributed by atoms with van der Waals surface area (Å²) >= 11 is 0. The Balaban J connectivity index is 1.55. The van der Waals surface area contributed by atoms with Gasteiger partial charge in [-0.15, -0.1) is 0 Å². The van der Waals surface area contributed by atoms with Crippen LogP contribution in [-0.2, 0) is 0 Å². The van der Waals surface area contributed by atoms with Gasteiger partial charge in [-0.2, -0.15) is 0 Å². The minimum atomic E-state index is -0.460. The third-order valence-electron chi connectivity index (χ3n) is 4.42. The molecule has 1 N–H and O–H groups in total. The number of carbonyl (C=O) groups excluding carboxylic acids is 1. The number of aromatic nitrogens is 2. The monoisotopic (exact) mass is 313 g/mol. The first-order valence-corrected chi connectivity index (χ1v) is 7.69. The molecule has 1 saturated carbocycles. The highest BCUT2D eigenvalue weighted by atomic mass is 19.1. The van der Waals surface area contributed by atoms with Crippen molar-refractivity contribution in [3.8, 4) is 0 Å². The van der Waals surface area contributed by atoms with E-state index in [1.54, 1.807) is 30.7 Å². The van der Waals surface area contributed by atoms with Gasteiger partial charge in [-0.25, -0.2) is 9.37 Å². The lowest BCUT2D eigenvalue weighted by Crippen LogP contribution is -2.37. The van der Waals surface area contributed by atoms with E-state index in [4.69, 9.17) is 4.42 Å². The third-order valence-corrected chi connectivity index (χ3v) is 4.42. The largest absolute Gasteiger partial charge is 0.448 e. The number of carbonyl (C=O) groups is 1. The molecule has 1 aliphatic carbocycles. The number of imidazole rings is 1. The number of para-hydroxylation sites is 1. The minimum Gasteiger partial charge on any atom is -0.448 e. The van der Waals surface area contributed by atoms with Crippen LogP contribution in [0, 0.1) is 5.82 Å². The molecule has 1 amide bonds. The smallest absolute Gasteiger partial charge is 0.287 e. The van der Waals surface area contributed by atoms with Gasteiger partial charge in [0.1, 0.15) is 0 Å². The second kappa shape index (κ2) is 5.53. The summed E-state index contributed by atoms with van der Waals surface area (Å²) in [5, 5.41) is 3.60. The lowest BCUT2D eigenvalue weighted by atomic mass is 10.1. The third kappa shape index (κ3) is 2.50. The van der Waals surface area contributed by atoms with E-state index in [1.807, 2.05) is 10.8 Å². The summed E-state index contributed by atoms with van der Waals surface area (Å²) in [6.45, 7) is 0. The molecule has 0 saturated heterocycles. The van der Waals surface area contributed by atoms with Crippen LogP contribution in [0.3, 0.4) is 0 Å². The molecule has 2 aromatic heterocycles. The molecule has 118 valence electrons. The molecule has 0 unspecified atom stereocenters. The molecule has 2 atom stereocenters. The SMILES string of the molecule is O=C(N[C@@H]1CCC[C@@H]1n1ccnc1)c1cc2cccc(F)c2o1. The molecule has 0 spiro atoms. The maximum Gasteiger partial charge on any atom is 0.287 e. The van der Waals surface area contributed by atoms with Gasteiger partial charge in [0.25, 0.3) is 5.91 Å². The fourth-order valence-corrected chi connectivity index (χ4v) is 3.31. The summed E-state index contributed by atoms with van der Waals surface area (Å²) in [5.41, 5.74) is 0.121. The van der Waals surface area contributed by atoms with Crippen molar-refractivity contribution in [3.63, 3.8) is 0 Å². The molecule has 4 rings (SSSR count). The summed E-state index contributed by atoms with van der Waals surface area (Å²) in [7, 11) is 0. The van der Waals surface area contributed by atoms with E-state index in [9.17, 15) is 9.18 Å². The van der Waals surface area contributed by atoms with Crippen LogP contribution >= 0.6 is 0 Å². The summed E-state index contributed by atoms with van der Waals surface area (Å²) < 4.78 is 21.1. The van der Waals surface area contributed by atoms with Gasteiger partial charge >= 0.3 is 0 Å². The Morgan fingerprint density at radius 2 is 2.30 bits per heavy atom. The summed E-state index contributed by atoms with van der Waals surface area (Å²) in [6, 6.07) is 6.44. The zero-order valence-electron chi connectivity index (χ0n) is 12.4. The lowest BCUT2D eigenvalue weighted by Gasteiger charge is -2.21. The van der Waals surface area contributed by atoms with Crippen molar-refractivity contribution in [2.75, 3.05) is 0 Å². The first-order chi connectivity index (χ1) is 11.2. The highest BCUT2D eigenvalue weighted by Gasteiger charge is 2.30. The molecule has 23 heavy (non-hydrogen) atoms. The standard InChI is InChI=1S/C17H16FN3O2/c18-12-4-1-3-11-9-15(23-16(11)12)17(22)20-13-5-2-6-14(13)21-8-7-19-10-21/h1,3-4,7-10,13-14H,2,5-6H2,(H,20,22)/t13-,14+/m1/s1. The van der Waals surface area contributed by atoms with Gasteiger partial charge in [0, 0.05) is 17.8 Å². The molecule has 1 fully saturated rings. The van der Waals surface area contributed by atoms with Crippen molar-refractivity contribution in [3.05, 3.63) is 54.6 Å². The summed E-state index contributed by atoms with van der Waals surface area (Å²) in [5.74, 6) is -0.627. The minimum absolute atomic E-state index is 0.0229. The molecule has 1 aliphatic rings. The Bertz CT molecular complexity index is 841. The van der Waals surface area contributed by atoms with Crippen molar-refractivity contribution in [1.29, 1.82) is 0 Å². The van der Waals surface area contributed by atoms with Crippen LogP contribution in [0.1, 0.15) is 35.9 Å². The second-order valence-corrected chi connectivity index (χ2v) is 5.86. The van der Waals surface area contributed by atoms with Gasteiger partial charge < -0.3 is 14.3 Å². The normalized spacial score (nSPS) is 20.9. The average Bonchev–Trinajstić information content (AvgIpc) is 3.27. The Hall–Kier alpha value is -2.63. The van der Waals surface area contributed by atoms with Gasteiger partial charge in [0.15, 0.2) is 17.2 Å². The maximum absolute atomic E-state index is 13.7. The predicted octanol–water partition coefficient (Wildman–Crippen LogP) is 3.29. The molecule has 3 aromatic rings. The molecule has 0 bridgehead atoms. The molecular weight excluding hydrogens is 297 g/mol. The topological polar surface area (TPSA) is 60.1 Å². The predicted molar refractivity (Wildman–Crippen MR) is 82.5 cm³/mol. The van der Waals surface area contributed by atoms with Crippen LogP contribution in [0.15, 0.2) is 47.4 Å². The van der Waals surface area contributed by atoms with Gasteiger partial charge in [0.05, 0.1) is 18.4 Å². The van der Waals surface area contributed by atoms with E-state index in [0.29, 0.717) is 5.39 Å². The average molecular weight is 313 g/mol. The van der Waals surface area contributed by atoms with Crippen LogP contribution < -0.4 is 5.32 Å². The number of hydrogen-bond acceptors (Lipinski definition) is 3. The van der Waals surface area contributed by atoms with Crippen molar-refractivity contribution in [2.45, 2.75) is 31.3 Å². The van der Waals surface area contributed by atoms with Crippen molar-refractivity contribution >= 4 is 16.9 Å². The number of furan rings is 1. The molecule has 1 aromatic carbocycles. The Morgan fingerprint density at radius 1 is 1.39 bits per heavy atom. The number of hydrogen-bond donors (Lipinski definition) is 1. The molecule has 5 nitrogen and oxygen atoms in total. The van der Waals surface area contributed by atoms with E-state index in [-0.39, 0.29) is 29.3 Å². The van der Waals surface area contributed by atoms with Gasteiger partial charge in [-0.05, 0) is 31.4 Å². The number of fused-ring (bicyclic) bond motifs is 1. The number of rotatable bonds is 3. The van der Waals surface area contributed by atoms with E-state index < -0.39 is 5.82 Å². The highest BCUT2D eigenvalue weighted by Crippen LogP contribution is 2.30. The summed E-state index contributed by atoms with van der Waals surface area (Å²) in [4.78, 5) is 16.5. The van der Waals surface area contributed by atoms with Crippen molar-refractivity contribution < 1.29 is 13.6 Å². The highest BCUT2D eigenvalue weighted by molar-refractivity contribution is 5.96. The van der Waals surface area contributed by atoms with Crippen molar-refractivity contribution in [2.24, 2.45) is 0 Å². The van der Waals surface area contributed by atoms with E-state index in [1.165, 1.54) is 6.07 Å². The van der Waals surface area contributed by atoms with Crippen LogP contribution in [0.4, 0.5) is 4.39 Å². The number of nitrogens with zero attached hydrogens (tertiary/aromatic N) is 2. The Morgan fingerprint density at radius 3 is 3.09 bits per heavy atom. The van der Waals surface area contributed by atoms with E-state index >= 15 is 0 Å². The first kappa shape index (κ1) is 14.0. The Labute approximate surface area is 132 Å². The zero-order valence-corrected chi connectivity index (χ0v) is 12.4. The quantitative estimate of drug-likeness (QED) is 0.807. The second-order valence-electron chi connectivity index (χ2n) is 5.86. The van der Waals surface area contributed by atoms with Gasteiger partial charge in [-0.1, -0.05) is 12.1 Å². The lowest BCUT2D eigenvalue weighted by molar-refractivity contribution is 0.0902. The van der Waals surface area contributed by atoms with Crippen LogP contribution in [-0.4, -0.2) is 21.5 Å². The molecule has 6 heteroatoms. The van der Waals surface area contributed by atoms with Crippen LogP contribution in [0.5, 0.6) is 0 Å². The zero-order chi connectivity index (χ0) is 15.8. The molecule has 2 heterocycles. The van der Waals surface area contributed by atoms with E-state index in [0.717, 1.165) is 19.3 Å². The maximum atomic E-state index is 13.7. The van der Waals surface area contributed by atoms with Crippen LogP contribution in [0.25, 0.3) is 11.0 Å². The van der Waals surface area contributed by atoms with Crippen LogP contribution in [0.2, 0.25) is 0 Å². The number of nitrogens with one attached hydrogen (secondary N) is 1. The van der Waals surface area contributed by atoms with E-state index in [2.05, 4.69) is 10.3 Å². The molecule has 0 aliphatic heterocycles. The number of amides is 1. The van der Waals surface area contributed by atoms with Crippen molar-refractivity contribution in [1.82, 2.24) is 14.9 Å². The fourth-order valence-electron chi connectivity index (χ4n) is 3.31. The first-order valence-electron chi connectivity index (χ1n) is 7.69. The molecular formula is C17H16FN3O2. The van der Waals surface area contributed by atoms with Gasteiger partial charge in [0.2, 0.25) is 0 Å². The van der Waals surface area contributed by atoms with Gasteiger partial charge in [-0.3, -0.25) is 4.79 Å². The molecule has 0 radical (unpaired) electrons. The fraction of sp³-hybridized carbons (Fsp3) is 0.294. The number of halogens is 1. The summed E-state index contributed by atoms with van der Waals surface area (Å²) in [6.07, 6.45) is 8.36. The number of benzene rings is 1. The Kier molecular flexibility index (Phi) is 3.37.